The summed E-state index contributed by atoms with van der Waals surface area (Å²) in [7, 11) is 1.90. The summed E-state index contributed by atoms with van der Waals surface area (Å²) in [6.07, 6.45) is 1.97. The summed E-state index contributed by atoms with van der Waals surface area (Å²) in [5.74, 6) is 0. The molecular formula is C13H15ClN4S. The number of rotatable bonds is 3. The minimum atomic E-state index is 0.538. The highest BCUT2D eigenvalue weighted by Gasteiger charge is 2.05. The number of nitrogens with one attached hydrogen (secondary N) is 2. The zero-order valence-electron chi connectivity index (χ0n) is 10.8. The van der Waals surface area contributed by atoms with Crippen molar-refractivity contribution >= 4 is 34.6 Å². The van der Waals surface area contributed by atoms with Crippen LogP contribution >= 0.6 is 23.8 Å². The molecule has 0 radical (unpaired) electrons. The molecule has 0 unspecified atom stereocenters. The first-order valence-corrected chi connectivity index (χ1v) is 6.63. The molecule has 0 aliphatic carbocycles. The van der Waals surface area contributed by atoms with Gasteiger partial charge in [0, 0.05) is 25.4 Å². The van der Waals surface area contributed by atoms with Gasteiger partial charge in [-0.3, -0.25) is 4.68 Å². The summed E-state index contributed by atoms with van der Waals surface area (Å²) in [5.41, 5.74) is 2.91. The molecule has 6 heteroatoms. The zero-order chi connectivity index (χ0) is 13.8. The second-order valence-electron chi connectivity index (χ2n) is 4.20. The summed E-state index contributed by atoms with van der Waals surface area (Å²) in [6, 6.07) is 7.48. The van der Waals surface area contributed by atoms with Gasteiger partial charge in [0.25, 0.3) is 0 Å². The molecule has 1 aromatic heterocycles. The molecule has 0 aliphatic rings. The number of halogens is 1. The van der Waals surface area contributed by atoms with Crippen molar-refractivity contribution in [2.75, 3.05) is 5.32 Å². The fraction of sp³-hybridized carbons (Fsp3) is 0.231. The van der Waals surface area contributed by atoms with Gasteiger partial charge in [-0.15, -0.1) is 0 Å². The lowest BCUT2D eigenvalue weighted by atomic mass is 10.3. The van der Waals surface area contributed by atoms with Crippen molar-refractivity contribution in [1.82, 2.24) is 15.1 Å². The van der Waals surface area contributed by atoms with Gasteiger partial charge in [0.2, 0.25) is 0 Å². The summed E-state index contributed by atoms with van der Waals surface area (Å²) in [5, 5.41) is 11.7. The summed E-state index contributed by atoms with van der Waals surface area (Å²) in [6.45, 7) is 2.61. The molecule has 0 atom stereocenters. The molecule has 100 valence electrons. The van der Waals surface area contributed by atoms with Crippen LogP contribution in [-0.2, 0) is 13.6 Å². The van der Waals surface area contributed by atoms with E-state index in [1.165, 1.54) is 0 Å². The summed E-state index contributed by atoms with van der Waals surface area (Å²) in [4.78, 5) is 0. The molecular weight excluding hydrogens is 280 g/mol. The molecule has 1 aromatic carbocycles. The minimum absolute atomic E-state index is 0.538. The van der Waals surface area contributed by atoms with Crippen LogP contribution in [0.25, 0.3) is 0 Å². The molecule has 0 saturated heterocycles. The highest BCUT2D eigenvalue weighted by atomic mass is 35.5. The lowest BCUT2D eigenvalue weighted by Gasteiger charge is -2.11. The number of aromatic nitrogens is 2. The van der Waals surface area contributed by atoms with Gasteiger partial charge in [-0.25, -0.2) is 0 Å². The Morgan fingerprint density at radius 1 is 1.42 bits per heavy atom. The molecule has 0 fully saturated rings. The fourth-order valence-corrected chi connectivity index (χ4v) is 2.09. The molecule has 2 rings (SSSR count). The Labute approximate surface area is 122 Å². The summed E-state index contributed by atoms with van der Waals surface area (Å²) < 4.78 is 1.79. The van der Waals surface area contributed by atoms with Crippen LogP contribution in [0.2, 0.25) is 5.02 Å². The Balaban J connectivity index is 1.92. The van der Waals surface area contributed by atoms with Crippen LogP contribution in [0.15, 0.2) is 30.5 Å². The van der Waals surface area contributed by atoms with Crippen LogP contribution in [-0.4, -0.2) is 14.9 Å². The lowest BCUT2D eigenvalue weighted by molar-refractivity contribution is 0.756. The first-order chi connectivity index (χ1) is 9.06. The van der Waals surface area contributed by atoms with E-state index in [1.54, 1.807) is 4.68 Å². The van der Waals surface area contributed by atoms with Crippen LogP contribution in [0, 0.1) is 6.92 Å². The molecule has 0 saturated carbocycles. The topological polar surface area (TPSA) is 41.9 Å². The number of aryl methyl sites for hydroxylation is 2. The maximum atomic E-state index is 6.05. The van der Waals surface area contributed by atoms with Crippen LogP contribution in [0.1, 0.15) is 11.3 Å². The van der Waals surface area contributed by atoms with Crippen molar-refractivity contribution in [2.24, 2.45) is 7.05 Å². The SMILES string of the molecule is Cc1nn(C)cc1CNC(=S)Nc1ccccc1Cl. The summed E-state index contributed by atoms with van der Waals surface area (Å²) >= 11 is 11.3. The number of anilines is 1. The molecule has 0 aliphatic heterocycles. The Morgan fingerprint density at radius 3 is 2.79 bits per heavy atom. The minimum Gasteiger partial charge on any atom is -0.358 e. The van der Waals surface area contributed by atoms with E-state index in [0.29, 0.717) is 16.7 Å². The highest BCUT2D eigenvalue weighted by molar-refractivity contribution is 7.80. The highest BCUT2D eigenvalue weighted by Crippen LogP contribution is 2.20. The Kier molecular flexibility index (Phi) is 4.39. The Hall–Kier alpha value is -1.59. The largest absolute Gasteiger partial charge is 0.358 e. The van der Waals surface area contributed by atoms with Gasteiger partial charge in [0.15, 0.2) is 5.11 Å². The van der Waals surface area contributed by atoms with Gasteiger partial charge < -0.3 is 10.6 Å². The third kappa shape index (κ3) is 3.68. The molecule has 0 amide bonds. The van der Waals surface area contributed by atoms with E-state index in [1.807, 2.05) is 44.4 Å². The van der Waals surface area contributed by atoms with E-state index < -0.39 is 0 Å². The van der Waals surface area contributed by atoms with Crippen molar-refractivity contribution in [2.45, 2.75) is 13.5 Å². The van der Waals surface area contributed by atoms with Crippen LogP contribution in [0.4, 0.5) is 5.69 Å². The number of para-hydroxylation sites is 1. The predicted molar refractivity (Wildman–Crippen MR) is 82.5 cm³/mol. The maximum absolute atomic E-state index is 6.05. The van der Waals surface area contributed by atoms with Gasteiger partial charge in [0.1, 0.15) is 0 Å². The predicted octanol–water partition coefficient (Wildman–Crippen LogP) is 2.87. The van der Waals surface area contributed by atoms with E-state index >= 15 is 0 Å². The van der Waals surface area contributed by atoms with Crippen molar-refractivity contribution in [3.8, 4) is 0 Å². The monoisotopic (exact) mass is 294 g/mol. The van der Waals surface area contributed by atoms with Crippen molar-refractivity contribution in [3.63, 3.8) is 0 Å². The van der Waals surface area contributed by atoms with Crippen LogP contribution in [0.3, 0.4) is 0 Å². The molecule has 0 spiro atoms. The van der Waals surface area contributed by atoms with Crippen LogP contribution in [0.5, 0.6) is 0 Å². The lowest BCUT2D eigenvalue weighted by Crippen LogP contribution is -2.28. The first-order valence-electron chi connectivity index (χ1n) is 5.85. The second kappa shape index (κ2) is 6.04. The van der Waals surface area contributed by atoms with Gasteiger partial charge in [-0.1, -0.05) is 23.7 Å². The van der Waals surface area contributed by atoms with E-state index in [-0.39, 0.29) is 0 Å². The molecule has 19 heavy (non-hydrogen) atoms. The van der Waals surface area contributed by atoms with Gasteiger partial charge in [0.05, 0.1) is 16.4 Å². The van der Waals surface area contributed by atoms with E-state index in [9.17, 15) is 0 Å². The average Bonchev–Trinajstić information content (AvgIpc) is 2.68. The van der Waals surface area contributed by atoms with E-state index in [2.05, 4.69) is 15.7 Å². The third-order valence-corrected chi connectivity index (χ3v) is 3.25. The Bertz CT molecular complexity index is 594. The Morgan fingerprint density at radius 2 is 2.16 bits per heavy atom. The van der Waals surface area contributed by atoms with Crippen molar-refractivity contribution in [1.29, 1.82) is 0 Å². The molecule has 2 aromatic rings. The van der Waals surface area contributed by atoms with Crippen molar-refractivity contribution in [3.05, 3.63) is 46.7 Å². The quantitative estimate of drug-likeness (QED) is 0.854. The molecule has 2 N–H and O–H groups in total. The first kappa shape index (κ1) is 13.8. The second-order valence-corrected chi connectivity index (χ2v) is 5.02. The smallest absolute Gasteiger partial charge is 0.171 e. The number of hydrogen-bond donors (Lipinski definition) is 2. The van der Waals surface area contributed by atoms with E-state index in [0.717, 1.165) is 16.9 Å². The number of benzene rings is 1. The average molecular weight is 295 g/mol. The third-order valence-electron chi connectivity index (χ3n) is 2.68. The molecule has 4 nitrogen and oxygen atoms in total. The standard InChI is InChI=1S/C13H15ClN4S/c1-9-10(8-18(2)17-9)7-15-13(19)16-12-6-4-3-5-11(12)14/h3-6,8H,7H2,1-2H3,(H2,15,16,19). The molecule has 1 heterocycles. The normalized spacial score (nSPS) is 10.3. The number of thiocarbonyl (C=S) groups is 1. The number of nitrogens with zero attached hydrogens (tertiary/aromatic N) is 2. The zero-order valence-corrected chi connectivity index (χ0v) is 12.3. The fourth-order valence-electron chi connectivity index (χ4n) is 1.73. The molecule has 0 bridgehead atoms. The maximum Gasteiger partial charge on any atom is 0.171 e. The van der Waals surface area contributed by atoms with E-state index in [4.69, 9.17) is 23.8 Å². The van der Waals surface area contributed by atoms with Crippen LogP contribution < -0.4 is 10.6 Å². The van der Waals surface area contributed by atoms with Gasteiger partial charge in [-0.2, -0.15) is 5.10 Å². The van der Waals surface area contributed by atoms with Gasteiger partial charge >= 0.3 is 0 Å². The van der Waals surface area contributed by atoms with Crippen molar-refractivity contribution < 1.29 is 0 Å². The van der Waals surface area contributed by atoms with Gasteiger partial charge in [-0.05, 0) is 31.3 Å². The number of hydrogen-bond acceptors (Lipinski definition) is 2.